The number of aromatic nitrogens is 2. The minimum absolute atomic E-state index is 0.797. The lowest BCUT2D eigenvalue weighted by Crippen LogP contribution is -2.10. The maximum absolute atomic E-state index is 4.43. The summed E-state index contributed by atoms with van der Waals surface area (Å²) in [5.41, 5.74) is 1.08. The smallest absolute Gasteiger partial charge is 0.134 e. The molecular weight excluding hydrogens is 232 g/mol. The van der Waals surface area contributed by atoms with E-state index in [1.54, 1.807) is 0 Å². The Morgan fingerprint density at radius 1 is 1.18 bits per heavy atom. The van der Waals surface area contributed by atoms with Crippen LogP contribution in [-0.4, -0.2) is 35.1 Å². The standard InChI is InChI=1S/C12H22N4S/c1-5-17-8-6-7-14-12-9(2)11(13-4)15-10(3)16-12/h5-8H2,1-4H3,(H2,13,14,15,16). The minimum atomic E-state index is 0.797. The summed E-state index contributed by atoms with van der Waals surface area (Å²) >= 11 is 1.97. The highest BCUT2D eigenvalue weighted by Gasteiger charge is 2.06. The lowest BCUT2D eigenvalue weighted by Gasteiger charge is -2.12. The zero-order chi connectivity index (χ0) is 12.7. The molecule has 0 bridgehead atoms. The van der Waals surface area contributed by atoms with E-state index in [-0.39, 0.29) is 0 Å². The lowest BCUT2D eigenvalue weighted by atomic mass is 10.3. The van der Waals surface area contributed by atoms with Crippen molar-refractivity contribution in [1.82, 2.24) is 9.97 Å². The Morgan fingerprint density at radius 3 is 2.53 bits per heavy atom. The van der Waals surface area contributed by atoms with Gasteiger partial charge in [0, 0.05) is 19.2 Å². The van der Waals surface area contributed by atoms with Crippen molar-refractivity contribution in [2.75, 3.05) is 35.7 Å². The summed E-state index contributed by atoms with van der Waals surface area (Å²) in [5.74, 6) is 5.04. The van der Waals surface area contributed by atoms with Gasteiger partial charge in [0.1, 0.15) is 17.5 Å². The molecule has 96 valence electrons. The Kier molecular flexibility index (Phi) is 6.11. The second-order valence-corrected chi connectivity index (χ2v) is 5.21. The van der Waals surface area contributed by atoms with Crippen molar-refractivity contribution >= 4 is 23.4 Å². The predicted molar refractivity (Wildman–Crippen MR) is 77.2 cm³/mol. The summed E-state index contributed by atoms with van der Waals surface area (Å²) in [5, 5.41) is 6.47. The Morgan fingerprint density at radius 2 is 1.88 bits per heavy atom. The van der Waals surface area contributed by atoms with Gasteiger partial charge >= 0.3 is 0 Å². The molecule has 4 nitrogen and oxygen atoms in total. The normalized spacial score (nSPS) is 10.4. The fourth-order valence-corrected chi connectivity index (χ4v) is 2.21. The number of aryl methyl sites for hydroxylation is 1. The molecule has 0 aliphatic carbocycles. The van der Waals surface area contributed by atoms with E-state index in [9.17, 15) is 0 Å². The molecule has 0 amide bonds. The summed E-state index contributed by atoms with van der Waals surface area (Å²) in [4.78, 5) is 8.77. The molecule has 1 rings (SSSR count). The van der Waals surface area contributed by atoms with Crippen LogP contribution in [0.5, 0.6) is 0 Å². The van der Waals surface area contributed by atoms with Gasteiger partial charge in [0.25, 0.3) is 0 Å². The summed E-state index contributed by atoms with van der Waals surface area (Å²) < 4.78 is 0. The van der Waals surface area contributed by atoms with Gasteiger partial charge < -0.3 is 10.6 Å². The average molecular weight is 254 g/mol. The van der Waals surface area contributed by atoms with E-state index < -0.39 is 0 Å². The van der Waals surface area contributed by atoms with Gasteiger partial charge in [-0.3, -0.25) is 0 Å². The first-order valence-electron chi connectivity index (χ1n) is 6.03. The zero-order valence-electron chi connectivity index (χ0n) is 11.1. The molecule has 0 saturated heterocycles. The number of rotatable bonds is 7. The van der Waals surface area contributed by atoms with Gasteiger partial charge in [-0.25, -0.2) is 9.97 Å². The average Bonchev–Trinajstić information content (AvgIpc) is 2.32. The van der Waals surface area contributed by atoms with Crippen LogP contribution in [0.3, 0.4) is 0 Å². The van der Waals surface area contributed by atoms with Crippen LogP contribution in [0.25, 0.3) is 0 Å². The first kappa shape index (κ1) is 14.1. The van der Waals surface area contributed by atoms with Crippen molar-refractivity contribution in [2.45, 2.75) is 27.2 Å². The van der Waals surface area contributed by atoms with Gasteiger partial charge in [0.2, 0.25) is 0 Å². The number of nitrogens with one attached hydrogen (secondary N) is 2. The summed E-state index contributed by atoms with van der Waals surface area (Å²) in [6.07, 6.45) is 1.16. The SMILES string of the molecule is CCSCCCNc1nc(C)nc(NC)c1C. The van der Waals surface area contributed by atoms with Crippen molar-refractivity contribution in [3.8, 4) is 0 Å². The Labute approximate surface area is 108 Å². The fourth-order valence-electron chi connectivity index (χ4n) is 1.57. The van der Waals surface area contributed by atoms with E-state index in [2.05, 4.69) is 27.5 Å². The van der Waals surface area contributed by atoms with Crippen molar-refractivity contribution in [3.05, 3.63) is 11.4 Å². The molecule has 0 saturated carbocycles. The van der Waals surface area contributed by atoms with Crippen LogP contribution in [0, 0.1) is 13.8 Å². The molecule has 1 heterocycles. The van der Waals surface area contributed by atoms with Crippen LogP contribution in [0.2, 0.25) is 0 Å². The van der Waals surface area contributed by atoms with E-state index in [0.29, 0.717) is 0 Å². The summed E-state index contributed by atoms with van der Waals surface area (Å²) in [7, 11) is 1.89. The molecule has 0 radical (unpaired) electrons. The van der Waals surface area contributed by atoms with E-state index in [1.165, 1.54) is 11.5 Å². The Balaban J connectivity index is 2.55. The summed E-state index contributed by atoms with van der Waals surface area (Å²) in [6.45, 7) is 7.11. The van der Waals surface area contributed by atoms with Crippen LogP contribution in [0.4, 0.5) is 11.6 Å². The van der Waals surface area contributed by atoms with E-state index in [1.807, 2.05) is 32.7 Å². The molecule has 1 aromatic heterocycles. The van der Waals surface area contributed by atoms with Crippen LogP contribution in [0.1, 0.15) is 24.7 Å². The monoisotopic (exact) mass is 254 g/mol. The lowest BCUT2D eigenvalue weighted by molar-refractivity contribution is 0.955. The topological polar surface area (TPSA) is 49.8 Å². The van der Waals surface area contributed by atoms with E-state index in [4.69, 9.17) is 0 Å². The zero-order valence-corrected chi connectivity index (χ0v) is 11.9. The second-order valence-electron chi connectivity index (χ2n) is 3.82. The van der Waals surface area contributed by atoms with Crippen molar-refractivity contribution < 1.29 is 0 Å². The number of anilines is 2. The number of hydrogen-bond donors (Lipinski definition) is 2. The first-order valence-corrected chi connectivity index (χ1v) is 7.19. The molecule has 0 aliphatic rings. The Hall–Kier alpha value is -0.970. The molecule has 2 N–H and O–H groups in total. The Bertz CT molecular complexity index is 355. The van der Waals surface area contributed by atoms with Gasteiger partial charge in [0.05, 0.1) is 0 Å². The second kappa shape index (κ2) is 7.37. The largest absolute Gasteiger partial charge is 0.373 e. The molecule has 1 aromatic rings. The minimum Gasteiger partial charge on any atom is -0.373 e. The molecule has 0 atom stereocenters. The quantitative estimate of drug-likeness (QED) is 0.733. The third kappa shape index (κ3) is 4.42. The fraction of sp³-hybridized carbons (Fsp3) is 0.667. The van der Waals surface area contributed by atoms with Crippen LogP contribution in [0.15, 0.2) is 0 Å². The van der Waals surface area contributed by atoms with Crippen LogP contribution in [-0.2, 0) is 0 Å². The molecule has 0 fully saturated rings. The molecule has 0 aliphatic heterocycles. The number of hydrogen-bond acceptors (Lipinski definition) is 5. The van der Waals surface area contributed by atoms with E-state index >= 15 is 0 Å². The first-order chi connectivity index (χ1) is 8.19. The summed E-state index contributed by atoms with van der Waals surface area (Å²) in [6, 6.07) is 0. The van der Waals surface area contributed by atoms with Crippen molar-refractivity contribution in [2.24, 2.45) is 0 Å². The van der Waals surface area contributed by atoms with Gasteiger partial charge in [-0.05, 0) is 31.8 Å². The van der Waals surface area contributed by atoms with Gasteiger partial charge in [0.15, 0.2) is 0 Å². The molecule has 17 heavy (non-hydrogen) atoms. The highest BCUT2D eigenvalue weighted by molar-refractivity contribution is 7.99. The third-order valence-electron chi connectivity index (χ3n) is 2.46. The molecule has 5 heteroatoms. The van der Waals surface area contributed by atoms with Crippen molar-refractivity contribution in [1.29, 1.82) is 0 Å². The number of thioether (sulfide) groups is 1. The number of nitrogens with zero attached hydrogens (tertiary/aromatic N) is 2. The van der Waals surface area contributed by atoms with E-state index in [0.717, 1.165) is 36.0 Å². The third-order valence-corrected chi connectivity index (χ3v) is 3.44. The molecule has 0 aromatic carbocycles. The highest BCUT2D eigenvalue weighted by atomic mass is 32.2. The maximum Gasteiger partial charge on any atom is 0.134 e. The van der Waals surface area contributed by atoms with Gasteiger partial charge in [-0.2, -0.15) is 11.8 Å². The van der Waals surface area contributed by atoms with Crippen molar-refractivity contribution in [3.63, 3.8) is 0 Å². The highest BCUT2D eigenvalue weighted by Crippen LogP contribution is 2.19. The molecule has 0 unspecified atom stereocenters. The molecular formula is C12H22N4S. The van der Waals surface area contributed by atoms with Gasteiger partial charge in [-0.15, -0.1) is 0 Å². The predicted octanol–water partition coefficient (Wildman–Crippen LogP) is 2.69. The maximum atomic E-state index is 4.43. The van der Waals surface area contributed by atoms with Crippen LogP contribution >= 0.6 is 11.8 Å². The molecule has 0 spiro atoms. The van der Waals surface area contributed by atoms with Gasteiger partial charge in [-0.1, -0.05) is 6.92 Å². The van der Waals surface area contributed by atoms with Crippen LogP contribution < -0.4 is 10.6 Å².